The predicted octanol–water partition coefficient (Wildman–Crippen LogP) is 6.97. The van der Waals surface area contributed by atoms with Gasteiger partial charge in [0.1, 0.15) is 5.82 Å². The highest BCUT2D eigenvalue weighted by Crippen LogP contribution is 2.23. The second-order valence-electron chi connectivity index (χ2n) is 8.93. The Kier molecular flexibility index (Phi) is 7.15. The molecule has 0 aliphatic heterocycles. The van der Waals surface area contributed by atoms with E-state index in [2.05, 4.69) is 24.4 Å². The molecule has 0 atom stereocenters. The van der Waals surface area contributed by atoms with Gasteiger partial charge in [-0.2, -0.15) is 0 Å². The zero-order valence-corrected chi connectivity index (χ0v) is 21.2. The van der Waals surface area contributed by atoms with Crippen molar-refractivity contribution in [3.05, 3.63) is 129 Å². The largest absolute Gasteiger partial charge is 0.322 e. The molecule has 6 heteroatoms. The first kappa shape index (κ1) is 24.5. The molecule has 1 N–H and O–H groups in total. The van der Waals surface area contributed by atoms with E-state index in [9.17, 15) is 9.59 Å². The van der Waals surface area contributed by atoms with Crippen molar-refractivity contribution >= 4 is 34.1 Å². The Bertz CT molecular complexity index is 1610. The SMILES string of the molecule is CCCc1nc2ccc(NC(=O)c3ccccc3)cc2c(=O)n1Cc1ccc(-c2ccc(Cl)cc2)cc1. The van der Waals surface area contributed by atoms with Crippen LogP contribution in [0, 0.1) is 0 Å². The fourth-order valence-electron chi connectivity index (χ4n) is 4.34. The maximum atomic E-state index is 13.7. The minimum atomic E-state index is -0.225. The number of hydrogen-bond donors (Lipinski definition) is 1. The first-order valence-corrected chi connectivity index (χ1v) is 12.6. The molecular weight excluding hydrogens is 482 g/mol. The van der Waals surface area contributed by atoms with Gasteiger partial charge in [0.05, 0.1) is 17.4 Å². The number of rotatable bonds is 7. The minimum absolute atomic E-state index is 0.119. The second kappa shape index (κ2) is 10.8. The zero-order chi connectivity index (χ0) is 25.8. The molecule has 4 aromatic carbocycles. The van der Waals surface area contributed by atoms with Crippen LogP contribution in [0.5, 0.6) is 0 Å². The summed E-state index contributed by atoms with van der Waals surface area (Å²) in [7, 11) is 0. The molecule has 184 valence electrons. The van der Waals surface area contributed by atoms with Crippen LogP contribution in [0.3, 0.4) is 0 Å². The van der Waals surface area contributed by atoms with Crippen LogP contribution in [0.15, 0.2) is 102 Å². The molecule has 0 unspecified atom stereocenters. The van der Waals surface area contributed by atoms with Crippen LogP contribution in [0.4, 0.5) is 5.69 Å². The van der Waals surface area contributed by atoms with E-state index in [0.717, 1.165) is 28.9 Å². The van der Waals surface area contributed by atoms with Crippen molar-refractivity contribution in [3.63, 3.8) is 0 Å². The van der Waals surface area contributed by atoms with Gasteiger partial charge in [0.15, 0.2) is 0 Å². The standard InChI is InChI=1S/C31H26ClN3O2/c1-2-6-29-34-28-18-17-26(33-30(36)24-7-4-3-5-8-24)19-27(28)31(37)35(29)20-21-9-11-22(12-10-21)23-13-15-25(32)16-14-23/h3-5,7-19H,2,6,20H2,1H3,(H,33,36). The molecular formula is C31H26ClN3O2. The van der Waals surface area contributed by atoms with Gasteiger partial charge in [0, 0.05) is 22.7 Å². The third kappa shape index (κ3) is 5.47. The minimum Gasteiger partial charge on any atom is -0.322 e. The molecule has 37 heavy (non-hydrogen) atoms. The summed E-state index contributed by atoms with van der Waals surface area (Å²) in [5.74, 6) is 0.527. The molecule has 0 saturated carbocycles. The van der Waals surface area contributed by atoms with Crippen LogP contribution in [0.2, 0.25) is 5.02 Å². The lowest BCUT2D eigenvalue weighted by molar-refractivity contribution is 0.102. The molecule has 5 aromatic rings. The third-order valence-corrected chi connectivity index (χ3v) is 6.52. The maximum absolute atomic E-state index is 13.7. The first-order valence-electron chi connectivity index (χ1n) is 12.3. The van der Waals surface area contributed by atoms with Gasteiger partial charge < -0.3 is 5.32 Å². The number of carbonyl (C=O) groups is 1. The van der Waals surface area contributed by atoms with Crippen molar-refractivity contribution < 1.29 is 4.79 Å². The Morgan fingerprint density at radius 3 is 2.24 bits per heavy atom. The van der Waals surface area contributed by atoms with E-state index in [-0.39, 0.29) is 11.5 Å². The van der Waals surface area contributed by atoms with E-state index in [1.54, 1.807) is 34.9 Å². The van der Waals surface area contributed by atoms with Crippen molar-refractivity contribution in [2.45, 2.75) is 26.3 Å². The van der Waals surface area contributed by atoms with Gasteiger partial charge >= 0.3 is 0 Å². The number of fused-ring (bicyclic) bond motifs is 1. The smallest absolute Gasteiger partial charge is 0.261 e. The van der Waals surface area contributed by atoms with E-state index in [1.165, 1.54) is 0 Å². The Labute approximate surface area is 220 Å². The summed E-state index contributed by atoms with van der Waals surface area (Å²) in [4.78, 5) is 31.1. The Morgan fingerprint density at radius 2 is 1.57 bits per heavy atom. The van der Waals surface area contributed by atoms with Crippen LogP contribution in [0.1, 0.15) is 35.1 Å². The number of halogens is 1. The van der Waals surface area contributed by atoms with Crippen LogP contribution < -0.4 is 10.9 Å². The summed E-state index contributed by atoms with van der Waals surface area (Å²) >= 11 is 6.02. The summed E-state index contributed by atoms with van der Waals surface area (Å²) in [6, 6.07) is 30.2. The second-order valence-corrected chi connectivity index (χ2v) is 9.36. The van der Waals surface area contributed by atoms with Crippen LogP contribution >= 0.6 is 11.6 Å². The number of anilines is 1. The summed E-state index contributed by atoms with van der Waals surface area (Å²) in [5.41, 5.74) is 4.79. The van der Waals surface area contributed by atoms with Gasteiger partial charge in [-0.25, -0.2) is 4.98 Å². The fraction of sp³-hybridized carbons (Fsp3) is 0.129. The van der Waals surface area contributed by atoms with Crippen LogP contribution in [-0.2, 0) is 13.0 Å². The molecule has 0 aliphatic rings. The Morgan fingerprint density at radius 1 is 0.892 bits per heavy atom. The highest BCUT2D eigenvalue weighted by Gasteiger charge is 2.13. The van der Waals surface area contributed by atoms with Gasteiger partial charge in [0.2, 0.25) is 0 Å². The van der Waals surface area contributed by atoms with Gasteiger partial charge in [-0.05, 0) is 65.6 Å². The van der Waals surface area contributed by atoms with Gasteiger partial charge in [-0.15, -0.1) is 0 Å². The Hall–Kier alpha value is -4.22. The number of nitrogens with one attached hydrogen (secondary N) is 1. The summed E-state index contributed by atoms with van der Waals surface area (Å²) in [6.07, 6.45) is 1.57. The lowest BCUT2D eigenvalue weighted by Gasteiger charge is -2.14. The summed E-state index contributed by atoms with van der Waals surface area (Å²) in [5, 5.41) is 4.07. The molecule has 0 aliphatic carbocycles. The number of hydrogen-bond acceptors (Lipinski definition) is 3. The van der Waals surface area contributed by atoms with Gasteiger partial charge in [-0.3, -0.25) is 14.2 Å². The number of nitrogens with zero attached hydrogens (tertiary/aromatic N) is 2. The quantitative estimate of drug-likeness (QED) is 0.259. The molecule has 5 rings (SSSR count). The third-order valence-electron chi connectivity index (χ3n) is 6.27. The summed E-state index contributed by atoms with van der Waals surface area (Å²) < 4.78 is 1.74. The predicted molar refractivity (Wildman–Crippen MR) is 150 cm³/mol. The van der Waals surface area contributed by atoms with Crippen molar-refractivity contribution in [1.82, 2.24) is 9.55 Å². The molecule has 1 aromatic heterocycles. The van der Waals surface area contributed by atoms with Gasteiger partial charge in [0.25, 0.3) is 11.5 Å². The van der Waals surface area contributed by atoms with Crippen LogP contribution in [0.25, 0.3) is 22.0 Å². The maximum Gasteiger partial charge on any atom is 0.261 e. The van der Waals surface area contributed by atoms with Crippen LogP contribution in [-0.4, -0.2) is 15.5 Å². The van der Waals surface area contributed by atoms with Crippen molar-refractivity contribution in [2.24, 2.45) is 0 Å². The Balaban J connectivity index is 1.46. The van der Waals surface area contributed by atoms with Crippen molar-refractivity contribution in [2.75, 3.05) is 5.32 Å². The number of aromatic nitrogens is 2. The topological polar surface area (TPSA) is 64.0 Å². The van der Waals surface area contributed by atoms with E-state index >= 15 is 0 Å². The lowest BCUT2D eigenvalue weighted by atomic mass is 10.0. The fourth-order valence-corrected chi connectivity index (χ4v) is 4.47. The number of amides is 1. The number of benzene rings is 4. The molecule has 5 nitrogen and oxygen atoms in total. The average Bonchev–Trinajstić information content (AvgIpc) is 2.93. The van der Waals surface area contributed by atoms with Gasteiger partial charge in [-0.1, -0.05) is 73.1 Å². The molecule has 1 amide bonds. The molecule has 0 saturated heterocycles. The summed E-state index contributed by atoms with van der Waals surface area (Å²) in [6.45, 7) is 2.49. The zero-order valence-electron chi connectivity index (χ0n) is 20.4. The van der Waals surface area contributed by atoms with E-state index in [1.807, 2.05) is 54.6 Å². The lowest BCUT2D eigenvalue weighted by Crippen LogP contribution is -2.26. The molecule has 0 bridgehead atoms. The highest BCUT2D eigenvalue weighted by molar-refractivity contribution is 6.30. The first-order chi connectivity index (χ1) is 18.0. The molecule has 1 heterocycles. The highest BCUT2D eigenvalue weighted by atomic mass is 35.5. The number of carbonyl (C=O) groups excluding carboxylic acids is 1. The van der Waals surface area contributed by atoms with Crippen molar-refractivity contribution in [1.29, 1.82) is 0 Å². The monoisotopic (exact) mass is 507 g/mol. The molecule has 0 fully saturated rings. The average molecular weight is 508 g/mol. The van der Waals surface area contributed by atoms with E-state index in [4.69, 9.17) is 16.6 Å². The normalized spacial score (nSPS) is 11.0. The van der Waals surface area contributed by atoms with Crippen molar-refractivity contribution in [3.8, 4) is 11.1 Å². The van der Waals surface area contributed by atoms with E-state index < -0.39 is 0 Å². The molecule has 0 spiro atoms. The van der Waals surface area contributed by atoms with E-state index in [0.29, 0.717) is 40.1 Å². The number of aryl methyl sites for hydroxylation is 1. The molecule has 0 radical (unpaired) electrons.